The molecule has 0 aliphatic carbocycles. The normalized spacial score (nSPS) is 10.6. The third kappa shape index (κ3) is 49.3. The van der Waals surface area contributed by atoms with Crippen molar-refractivity contribution >= 4 is 16.4 Å². The molecule has 0 rings (SSSR count). The summed E-state index contributed by atoms with van der Waals surface area (Å²) in [7, 11) is -5.17. The van der Waals surface area contributed by atoms with Crippen LogP contribution >= 0.6 is 0 Å². The zero-order valence-electron chi connectivity index (χ0n) is 20.5. The molecule has 0 spiro atoms. The largest absolute Gasteiger partial charge is 1.00 e. The second-order valence-corrected chi connectivity index (χ2v) is 8.13. The number of carbonyl (C=O) groups is 1. The molecular formula is C22H42Na2O6S. The zero-order chi connectivity index (χ0) is 22.2. The van der Waals surface area contributed by atoms with E-state index < -0.39 is 10.4 Å². The summed E-state index contributed by atoms with van der Waals surface area (Å²) >= 11 is 0. The van der Waals surface area contributed by atoms with E-state index in [1.807, 2.05) is 0 Å². The van der Waals surface area contributed by atoms with Gasteiger partial charge in [-0.05, 0) is 38.5 Å². The first-order valence-electron chi connectivity index (χ1n) is 11.3. The molecule has 0 aromatic carbocycles. The van der Waals surface area contributed by atoms with Crippen molar-refractivity contribution in [3.05, 3.63) is 12.2 Å². The molecule has 0 aromatic heterocycles. The molecule has 0 aliphatic heterocycles. The maximum Gasteiger partial charge on any atom is 1.00 e. The van der Waals surface area contributed by atoms with Crippen LogP contribution in [0.15, 0.2) is 12.2 Å². The average Bonchev–Trinajstić information content (AvgIpc) is 2.64. The molecule has 0 aromatic rings. The molecule has 0 amide bonds. The summed E-state index contributed by atoms with van der Waals surface area (Å²) in [6, 6.07) is 0. The third-order valence-corrected chi connectivity index (χ3v) is 4.40. The van der Waals surface area contributed by atoms with Gasteiger partial charge in [-0.1, -0.05) is 83.8 Å². The molecule has 0 bridgehead atoms. The first kappa shape index (κ1) is 39.3. The van der Waals surface area contributed by atoms with Gasteiger partial charge in [0.25, 0.3) is 0 Å². The van der Waals surface area contributed by atoms with E-state index in [0.717, 1.165) is 25.7 Å². The molecule has 6 nitrogen and oxygen atoms in total. The number of hydrogen-bond acceptors (Lipinski definition) is 6. The van der Waals surface area contributed by atoms with E-state index in [1.54, 1.807) is 0 Å². The summed E-state index contributed by atoms with van der Waals surface area (Å²) < 4.78 is 39.2. The molecule has 0 fully saturated rings. The summed E-state index contributed by atoms with van der Waals surface area (Å²) in [5.74, 6) is -0.0129. The maximum atomic E-state index is 11.4. The minimum atomic E-state index is -5.17. The van der Waals surface area contributed by atoms with Crippen molar-refractivity contribution < 1.29 is 86.2 Å². The Bertz CT molecular complexity index is 476. The number of esters is 1. The van der Waals surface area contributed by atoms with Gasteiger partial charge in [0.05, 0.1) is 6.61 Å². The minimum absolute atomic E-state index is 0. The van der Waals surface area contributed by atoms with Gasteiger partial charge in [-0.2, -0.15) is 0 Å². The Balaban J connectivity index is -0.000000464. The van der Waals surface area contributed by atoms with E-state index in [-0.39, 0.29) is 65.1 Å². The van der Waals surface area contributed by atoms with Crippen molar-refractivity contribution in [1.82, 2.24) is 0 Å². The average molecular weight is 481 g/mol. The Morgan fingerprint density at radius 2 is 1.10 bits per heavy atom. The minimum Gasteiger partial charge on any atom is -0.759 e. The van der Waals surface area contributed by atoms with Gasteiger partial charge in [0.15, 0.2) is 0 Å². The Morgan fingerprint density at radius 3 is 1.55 bits per heavy atom. The van der Waals surface area contributed by atoms with Crippen LogP contribution in [0, 0.1) is 0 Å². The van der Waals surface area contributed by atoms with Crippen LogP contribution in [-0.2, 0) is 19.9 Å². The maximum absolute atomic E-state index is 11.4. The van der Waals surface area contributed by atoms with Crippen LogP contribution in [0.1, 0.15) is 117 Å². The molecule has 0 saturated heterocycles. The van der Waals surface area contributed by atoms with E-state index in [4.69, 9.17) is 22.3 Å². The quantitative estimate of drug-likeness (QED) is 0.0685. The van der Waals surface area contributed by atoms with E-state index >= 15 is 0 Å². The molecule has 0 saturated carbocycles. The molecule has 0 atom stereocenters. The molecule has 0 N–H and O–H groups in total. The number of rotatable bonds is 18. The fourth-order valence-corrected chi connectivity index (χ4v) is 2.74. The molecular weight excluding hydrogens is 438 g/mol. The van der Waals surface area contributed by atoms with Crippen molar-refractivity contribution in [3.63, 3.8) is 0 Å². The number of allylic oxidation sites excluding steroid dienone is 2. The van der Waals surface area contributed by atoms with Gasteiger partial charge in [-0.3, -0.25) is 13.2 Å². The van der Waals surface area contributed by atoms with Crippen LogP contribution in [0.2, 0.25) is 0 Å². The predicted octanol–water partition coefficient (Wildman–Crippen LogP) is 0.0372. The SMILES string of the molecule is CCCCCCCCC=CCCCCCCCC(=O)OCCCC.O=S(=O)([O-])[O-].[Na+].[Na+]. The number of hydrogen-bond donors (Lipinski definition) is 0. The summed E-state index contributed by atoms with van der Waals surface area (Å²) in [6.07, 6.45) is 24.1. The fourth-order valence-electron chi connectivity index (χ4n) is 2.74. The summed E-state index contributed by atoms with van der Waals surface area (Å²) in [4.78, 5) is 11.4. The number of carbonyl (C=O) groups excluding carboxylic acids is 1. The van der Waals surface area contributed by atoms with Gasteiger partial charge in [0.2, 0.25) is 0 Å². The third-order valence-electron chi connectivity index (χ3n) is 4.40. The molecule has 0 heterocycles. The van der Waals surface area contributed by atoms with E-state index in [0.29, 0.717) is 13.0 Å². The Hall–Kier alpha value is 1.08. The smallest absolute Gasteiger partial charge is 0.759 e. The van der Waals surface area contributed by atoms with E-state index in [1.165, 1.54) is 70.6 Å². The van der Waals surface area contributed by atoms with Crippen molar-refractivity contribution in [3.8, 4) is 0 Å². The monoisotopic (exact) mass is 480 g/mol. The van der Waals surface area contributed by atoms with Gasteiger partial charge in [-0.15, -0.1) is 0 Å². The number of ether oxygens (including phenoxy) is 1. The van der Waals surface area contributed by atoms with Crippen molar-refractivity contribution in [2.75, 3.05) is 6.61 Å². The van der Waals surface area contributed by atoms with Crippen LogP contribution in [0.25, 0.3) is 0 Å². The summed E-state index contributed by atoms with van der Waals surface area (Å²) in [6.45, 7) is 4.98. The first-order valence-corrected chi connectivity index (χ1v) is 12.6. The Labute approximate surface area is 235 Å². The standard InChI is InChI=1S/C22H42O2.2Na.H2O4S/c1-3-5-7-8-9-10-11-12-13-14-15-16-17-18-19-20-22(23)24-21-6-4-2;;;1-5(2,3)4/h12-13H,3-11,14-21H2,1-2H3;;;(H2,1,2,3,4)/q;2*+1;/p-2. The van der Waals surface area contributed by atoms with E-state index in [2.05, 4.69) is 26.0 Å². The molecule has 174 valence electrons. The van der Waals surface area contributed by atoms with Gasteiger partial charge in [-0.25, -0.2) is 0 Å². The van der Waals surface area contributed by atoms with Crippen molar-refractivity contribution in [2.45, 2.75) is 117 Å². The van der Waals surface area contributed by atoms with E-state index in [9.17, 15) is 4.79 Å². The summed E-state index contributed by atoms with van der Waals surface area (Å²) in [5.41, 5.74) is 0. The molecule has 0 aliphatic rings. The van der Waals surface area contributed by atoms with Crippen molar-refractivity contribution in [2.24, 2.45) is 0 Å². The second-order valence-electron chi connectivity index (χ2n) is 7.32. The van der Waals surface area contributed by atoms with Crippen LogP contribution in [0.3, 0.4) is 0 Å². The van der Waals surface area contributed by atoms with Crippen molar-refractivity contribution in [1.29, 1.82) is 0 Å². The topological polar surface area (TPSA) is 107 Å². The van der Waals surface area contributed by atoms with Gasteiger partial charge in [0, 0.05) is 16.8 Å². The molecule has 9 heteroatoms. The predicted molar refractivity (Wildman–Crippen MR) is 116 cm³/mol. The first-order chi connectivity index (χ1) is 13.8. The molecule has 0 unspecified atom stereocenters. The van der Waals surface area contributed by atoms with Crippen LogP contribution in [-0.4, -0.2) is 30.1 Å². The zero-order valence-corrected chi connectivity index (χ0v) is 25.3. The Kier molecular flexibility index (Phi) is 39.4. The molecule has 31 heavy (non-hydrogen) atoms. The second kappa shape index (κ2) is 31.1. The fraction of sp³-hybridized carbons (Fsp3) is 0.864. The Morgan fingerprint density at radius 1 is 0.710 bits per heavy atom. The van der Waals surface area contributed by atoms with Crippen LogP contribution < -0.4 is 59.1 Å². The van der Waals surface area contributed by atoms with Gasteiger partial charge < -0.3 is 13.8 Å². The molecule has 0 radical (unpaired) electrons. The van der Waals surface area contributed by atoms with Crippen LogP contribution in [0.4, 0.5) is 0 Å². The van der Waals surface area contributed by atoms with Crippen LogP contribution in [0.5, 0.6) is 0 Å². The van der Waals surface area contributed by atoms with Gasteiger partial charge in [0.1, 0.15) is 0 Å². The summed E-state index contributed by atoms with van der Waals surface area (Å²) in [5, 5.41) is 0. The van der Waals surface area contributed by atoms with Gasteiger partial charge >= 0.3 is 65.1 Å². The number of unbranched alkanes of at least 4 members (excludes halogenated alkanes) is 12.